The Morgan fingerprint density at radius 3 is 1.86 bits per heavy atom. The van der Waals surface area contributed by atoms with Crippen LogP contribution in [0.2, 0.25) is 0 Å². The zero-order valence-electron chi connectivity index (χ0n) is 11.7. The van der Waals surface area contributed by atoms with Gasteiger partial charge < -0.3 is 20.8 Å². The van der Waals surface area contributed by atoms with Crippen molar-refractivity contribution in [1.29, 1.82) is 0 Å². The maximum Gasteiger partial charge on any atom is 0.305 e. The van der Waals surface area contributed by atoms with Crippen LogP contribution in [0, 0.1) is 5.92 Å². The van der Waals surface area contributed by atoms with E-state index in [-0.39, 0.29) is 0 Å². The Kier molecular flexibility index (Phi) is 8.15. The van der Waals surface area contributed by atoms with Gasteiger partial charge in [0.2, 0.25) is 17.7 Å². The SMILES string of the molecule is CNC(=O)[C@H](CC(=O)O)NC(=O)C(CC(=O)O)CC(=O)NO. The van der Waals surface area contributed by atoms with E-state index in [1.807, 2.05) is 0 Å². The van der Waals surface area contributed by atoms with Gasteiger partial charge in [-0.15, -0.1) is 0 Å². The van der Waals surface area contributed by atoms with Crippen LogP contribution in [-0.2, 0) is 24.0 Å². The van der Waals surface area contributed by atoms with Gasteiger partial charge in [-0.3, -0.25) is 29.2 Å². The highest BCUT2D eigenvalue weighted by atomic mass is 16.5. The first-order valence-electron chi connectivity index (χ1n) is 6.09. The Hall–Kier alpha value is -2.69. The Labute approximate surface area is 124 Å². The van der Waals surface area contributed by atoms with Crippen LogP contribution in [0.25, 0.3) is 0 Å². The maximum absolute atomic E-state index is 11.9. The standard InChI is InChI=1S/C11H17N3O8/c1-12-11(21)6(4-9(18)19)13-10(20)5(3-8(16)17)2-7(15)14-22/h5-6,22H,2-4H2,1H3,(H,12,21)(H,13,20)(H,14,15)(H,16,17)(H,18,19)/t5?,6-/m0/s1. The van der Waals surface area contributed by atoms with Crippen molar-refractivity contribution in [2.45, 2.75) is 25.3 Å². The highest BCUT2D eigenvalue weighted by Gasteiger charge is 2.29. The number of hydrogen-bond acceptors (Lipinski definition) is 6. The van der Waals surface area contributed by atoms with E-state index < -0.39 is 60.9 Å². The van der Waals surface area contributed by atoms with E-state index in [4.69, 9.17) is 15.4 Å². The molecular formula is C11H17N3O8. The lowest BCUT2D eigenvalue weighted by molar-refractivity contribution is -0.144. The summed E-state index contributed by atoms with van der Waals surface area (Å²) < 4.78 is 0. The smallest absolute Gasteiger partial charge is 0.305 e. The molecule has 0 rings (SSSR count). The largest absolute Gasteiger partial charge is 0.481 e. The minimum absolute atomic E-state index is 0.637. The number of carbonyl (C=O) groups excluding carboxylic acids is 3. The third-order valence-electron chi connectivity index (χ3n) is 2.61. The van der Waals surface area contributed by atoms with Crippen LogP contribution >= 0.6 is 0 Å². The summed E-state index contributed by atoms with van der Waals surface area (Å²) in [4.78, 5) is 55.8. The zero-order chi connectivity index (χ0) is 17.3. The second-order valence-electron chi connectivity index (χ2n) is 4.31. The summed E-state index contributed by atoms with van der Waals surface area (Å²) in [5.74, 6) is -6.85. The van der Waals surface area contributed by atoms with Gasteiger partial charge in [-0.05, 0) is 0 Å². The molecule has 0 spiro atoms. The molecule has 0 bridgehead atoms. The van der Waals surface area contributed by atoms with Gasteiger partial charge in [0.25, 0.3) is 0 Å². The first-order chi connectivity index (χ1) is 10.2. The van der Waals surface area contributed by atoms with Gasteiger partial charge in [0.05, 0.1) is 18.8 Å². The molecule has 11 heteroatoms. The van der Waals surface area contributed by atoms with E-state index in [2.05, 4.69) is 10.6 Å². The van der Waals surface area contributed by atoms with E-state index in [0.717, 1.165) is 0 Å². The summed E-state index contributed by atoms with van der Waals surface area (Å²) in [7, 11) is 1.23. The monoisotopic (exact) mass is 319 g/mol. The van der Waals surface area contributed by atoms with E-state index in [1.165, 1.54) is 12.5 Å². The van der Waals surface area contributed by atoms with Crippen LogP contribution in [0.3, 0.4) is 0 Å². The number of likely N-dealkylation sites (N-methyl/N-ethyl adjacent to an activating group) is 1. The first-order valence-corrected chi connectivity index (χ1v) is 6.09. The van der Waals surface area contributed by atoms with Crippen LogP contribution in [-0.4, -0.2) is 58.2 Å². The fourth-order valence-corrected chi connectivity index (χ4v) is 1.59. The third-order valence-corrected chi connectivity index (χ3v) is 2.61. The van der Waals surface area contributed by atoms with E-state index >= 15 is 0 Å². The number of nitrogens with one attached hydrogen (secondary N) is 3. The summed E-state index contributed by atoms with van der Waals surface area (Å²) in [6.07, 6.45) is -2.08. The predicted molar refractivity (Wildman–Crippen MR) is 68.5 cm³/mol. The molecule has 0 aliphatic carbocycles. The van der Waals surface area contributed by atoms with Crippen LogP contribution in [0.4, 0.5) is 0 Å². The summed E-state index contributed by atoms with van der Waals surface area (Å²) >= 11 is 0. The third kappa shape index (κ3) is 7.19. The molecule has 0 aromatic rings. The van der Waals surface area contributed by atoms with Gasteiger partial charge in [-0.25, -0.2) is 5.48 Å². The number of aliphatic carboxylic acids is 2. The number of carbonyl (C=O) groups is 5. The molecule has 2 atom stereocenters. The molecule has 0 radical (unpaired) electrons. The Balaban J connectivity index is 5.01. The van der Waals surface area contributed by atoms with Gasteiger partial charge >= 0.3 is 11.9 Å². The second-order valence-corrected chi connectivity index (χ2v) is 4.31. The summed E-state index contributed by atoms with van der Waals surface area (Å²) in [5, 5.41) is 30.0. The molecule has 0 saturated carbocycles. The molecule has 6 N–H and O–H groups in total. The van der Waals surface area contributed by atoms with Crippen LogP contribution < -0.4 is 16.1 Å². The highest BCUT2D eigenvalue weighted by Crippen LogP contribution is 2.10. The first kappa shape index (κ1) is 19.3. The predicted octanol–water partition coefficient (Wildman–Crippen LogP) is -2.32. The number of hydroxylamine groups is 1. The Morgan fingerprint density at radius 2 is 1.45 bits per heavy atom. The quantitative estimate of drug-likeness (QED) is 0.202. The van der Waals surface area contributed by atoms with Gasteiger partial charge in [-0.1, -0.05) is 0 Å². The maximum atomic E-state index is 11.9. The summed E-state index contributed by atoms with van der Waals surface area (Å²) in [6.45, 7) is 0. The molecule has 0 heterocycles. The van der Waals surface area contributed by atoms with Crippen molar-refractivity contribution in [2.24, 2.45) is 5.92 Å². The normalized spacial score (nSPS) is 12.6. The number of carboxylic acids is 2. The molecule has 124 valence electrons. The Morgan fingerprint density at radius 1 is 0.909 bits per heavy atom. The fraction of sp³-hybridized carbons (Fsp3) is 0.545. The lowest BCUT2D eigenvalue weighted by Gasteiger charge is -2.19. The van der Waals surface area contributed by atoms with Crippen LogP contribution in [0.1, 0.15) is 19.3 Å². The fourth-order valence-electron chi connectivity index (χ4n) is 1.59. The minimum atomic E-state index is -1.41. The van der Waals surface area contributed by atoms with Gasteiger partial charge in [0, 0.05) is 13.5 Å². The molecule has 0 fully saturated rings. The van der Waals surface area contributed by atoms with Crippen LogP contribution in [0.15, 0.2) is 0 Å². The van der Waals surface area contributed by atoms with Crippen molar-refractivity contribution in [2.75, 3.05) is 7.05 Å². The molecule has 22 heavy (non-hydrogen) atoms. The number of amides is 3. The van der Waals surface area contributed by atoms with Crippen molar-refractivity contribution >= 4 is 29.7 Å². The van der Waals surface area contributed by atoms with Gasteiger partial charge in [0.15, 0.2) is 0 Å². The van der Waals surface area contributed by atoms with E-state index in [9.17, 15) is 24.0 Å². The zero-order valence-corrected chi connectivity index (χ0v) is 11.7. The molecule has 0 saturated heterocycles. The molecule has 0 aliphatic rings. The minimum Gasteiger partial charge on any atom is -0.481 e. The van der Waals surface area contributed by atoms with E-state index in [0.29, 0.717) is 0 Å². The lowest BCUT2D eigenvalue weighted by Crippen LogP contribution is -2.49. The van der Waals surface area contributed by atoms with Crippen molar-refractivity contribution in [3.05, 3.63) is 0 Å². The number of carboxylic acid groups (broad SMARTS) is 2. The molecule has 0 aliphatic heterocycles. The average Bonchev–Trinajstić information content (AvgIpc) is 2.43. The molecule has 11 nitrogen and oxygen atoms in total. The molecule has 3 amide bonds. The topological polar surface area (TPSA) is 182 Å². The molecule has 0 aromatic heterocycles. The Bertz CT molecular complexity index is 464. The summed E-state index contributed by atoms with van der Waals surface area (Å²) in [6, 6.07) is -1.41. The number of rotatable bonds is 9. The van der Waals surface area contributed by atoms with Crippen molar-refractivity contribution in [1.82, 2.24) is 16.1 Å². The van der Waals surface area contributed by atoms with E-state index in [1.54, 1.807) is 0 Å². The van der Waals surface area contributed by atoms with Crippen molar-refractivity contribution in [3.63, 3.8) is 0 Å². The molecule has 1 unspecified atom stereocenters. The highest BCUT2D eigenvalue weighted by molar-refractivity contribution is 5.93. The average molecular weight is 319 g/mol. The second kappa shape index (κ2) is 9.28. The van der Waals surface area contributed by atoms with Gasteiger partial charge in [0.1, 0.15) is 6.04 Å². The summed E-state index contributed by atoms with van der Waals surface area (Å²) in [5.41, 5.74) is 1.26. The molecule has 0 aromatic carbocycles. The lowest BCUT2D eigenvalue weighted by atomic mass is 9.99. The van der Waals surface area contributed by atoms with Crippen molar-refractivity contribution < 1.29 is 39.4 Å². The number of hydrogen-bond donors (Lipinski definition) is 6. The van der Waals surface area contributed by atoms with Crippen molar-refractivity contribution in [3.8, 4) is 0 Å². The van der Waals surface area contributed by atoms with Crippen LogP contribution in [0.5, 0.6) is 0 Å². The van der Waals surface area contributed by atoms with Gasteiger partial charge in [-0.2, -0.15) is 0 Å². The molecular weight excluding hydrogens is 302 g/mol.